The zero-order valence-corrected chi connectivity index (χ0v) is 24.7. The van der Waals surface area contributed by atoms with Gasteiger partial charge in [-0.25, -0.2) is 14.6 Å². The maximum Gasteiger partial charge on any atom is 0.300 e. The van der Waals surface area contributed by atoms with E-state index < -0.39 is 5.97 Å². The van der Waals surface area contributed by atoms with Crippen molar-refractivity contribution in [2.45, 2.75) is 63.8 Å². The Kier molecular flexibility index (Phi) is 9.51. The minimum atomic E-state index is -0.833. The van der Waals surface area contributed by atoms with Crippen LogP contribution in [0.4, 0.5) is 11.5 Å². The third kappa shape index (κ3) is 6.94. The number of nitrogens with zero attached hydrogens (tertiary/aromatic N) is 4. The number of rotatable bonds is 6. The normalized spacial score (nSPS) is 15.9. The van der Waals surface area contributed by atoms with Crippen molar-refractivity contribution >= 4 is 34.4 Å². The van der Waals surface area contributed by atoms with Gasteiger partial charge in [-0.2, -0.15) is 5.10 Å². The molecule has 5 N–H and O–H groups in total. The van der Waals surface area contributed by atoms with Crippen LogP contribution in [0, 0.1) is 0 Å². The van der Waals surface area contributed by atoms with Crippen LogP contribution in [-0.2, 0) is 4.79 Å². The molecule has 11 nitrogen and oxygen atoms in total. The number of carbonyl (C=O) groups excluding carboxylic acids is 1. The number of anilines is 2. The van der Waals surface area contributed by atoms with Crippen molar-refractivity contribution in [1.29, 1.82) is 0 Å². The number of aromatic nitrogens is 4. The summed E-state index contributed by atoms with van der Waals surface area (Å²) in [4.78, 5) is 30.9. The smallest absolute Gasteiger partial charge is 0.300 e. The highest BCUT2D eigenvalue weighted by Crippen LogP contribution is 2.37. The van der Waals surface area contributed by atoms with Crippen molar-refractivity contribution in [2.24, 2.45) is 0 Å². The summed E-state index contributed by atoms with van der Waals surface area (Å²) in [6, 6.07) is 13.9. The molecular formula is C32H39N7O4. The molecule has 2 fully saturated rings. The molecular weight excluding hydrogens is 546 g/mol. The molecule has 0 unspecified atom stereocenters. The van der Waals surface area contributed by atoms with E-state index in [0.717, 1.165) is 49.5 Å². The van der Waals surface area contributed by atoms with Crippen molar-refractivity contribution in [3.8, 4) is 17.0 Å². The standard InChI is InChI=1S/C30H35N7O2.C2H4O2/c1-39-25-17-22(27-26-28(31)33-18-34-29(26)37(36-27)23-13-15-32-16-14-23)11-12-24(25)35-30(38)21-9-7-20(8-10-21)19-5-3-2-4-6-19;1-2(3)4/h7-12,17-19,23,32H,2-6,13-16H2,1H3,(H,35,38)(H2,31,33,34);1H3,(H,3,4). The lowest BCUT2D eigenvalue weighted by Gasteiger charge is -2.23. The Morgan fingerprint density at radius 1 is 1.02 bits per heavy atom. The van der Waals surface area contributed by atoms with Crippen molar-refractivity contribution in [3.63, 3.8) is 0 Å². The number of fused-ring (bicyclic) bond motifs is 1. The number of nitrogen functional groups attached to an aromatic ring is 1. The molecule has 0 radical (unpaired) electrons. The van der Waals surface area contributed by atoms with Crippen molar-refractivity contribution in [2.75, 3.05) is 31.2 Å². The van der Waals surface area contributed by atoms with Crippen molar-refractivity contribution in [3.05, 3.63) is 59.9 Å². The molecule has 1 saturated heterocycles. The van der Waals surface area contributed by atoms with E-state index in [-0.39, 0.29) is 11.9 Å². The van der Waals surface area contributed by atoms with Crippen molar-refractivity contribution < 1.29 is 19.4 Å². The number of benzene rings is 2. The minimum absolute atomic E-state index is 0.172. The number of amides is 1. The van der Waals surface area contributed by atoms with Gasteiger partial charge in [0.2, 0.25) is 0 Å². The molecule has 6 rings (SSSR count). The number of aliphatic carboxylic acids is 1. The van der Waals surface area contributed by atoms with Crippen LogP contribution in [0.2, 0.25) is 0 Å². The van der Waals surface area contributed by atoms with Gasteiger partial charge in [0.15, 0.2) is 5.65 Å². The molecule has 43 heavy (non-hydrogen) atoms. The van der Waals surface area contributed by atoms with E-state index in [1.165, 1.54) is 44.0 Å². The molecule has 1 amide bonds. The number of ether oxygens (including phenoxy) is 1. The van der Waals surface area contributed by atoms with Crippen LogP contribution in [0.15, 0.2) is 48.8 Å². The third-order valence-electron chi connectivity index (χ3n) is 8.15. The number of carboxylic acid groups (broad SMARTS) is 1. The average Bonchev–Trinajstić information content (AvgIpc) is 3.43. The van der Waals surface area contributed by atoms with Gasteiger partial charge < -0.3 is 26.2 Å². The minimum Gasteiger partial charge on any atom is -0.495 e. The van der Waals surface area contributed by atoms with Crippen LogP contribution in [-0.4, -0.2) is 56.9 Å². The molecule has 226 valence electrons. The molecule has 3 heterocycles. The lowest BCUT2D eigenvalue weighted by Crippen LogP contribution is -2.30. The average molecular weight is 586 g/mol. The van der Waals surface area contributed by atoms with Gasteiger partial charge in [0.05, 0.1) is 24.2 Å². The number of nitrogens with one attached hydrogen (secondary N) is 2. The summed E-state index contributed by atoms with van der Waals surface area (Å²) in [7, 11) is 1.59. The number of piperidine rings is 1. The third-order valence-corrected chi connectivity index (χ3v) is 8.15. The second-order valence-corrected chi connectivity index (χ2v) is 11.1. The lowest BCUT2D eigenvalue weighted by atomic mass is 9.84. The molecule has 1 aliphatic heterocycles. The molecule has 0 bridgehead atoms. The molecule has 2 aromatic carbocycles. The molecule has 4 aromatic rings. The predicted octanol–water partition coefficient (Wildman–Crippen LogP) is 5.40. The number of carboxylic acids is 1. The molecule has 0 atom stereocenters. The Balaban J connectivity index is 0.000000868. The van der Waals surface area contributed by atoms with Gasteiger partial charge in [-0.3, -0.25) is 9.59 Å². The zero-order valence-electron chi connectivity index (χ0n) is 24.7. The first-order valence-electron chi connectivity index (χ1n) is 14.8. The molecule has 1 aliphatic carbocycles. The van der Waals surface area contributed by atoms with E-state index in [1.807, 2.05) is 35.0 Å². The molecule has 1 saturated carbocycles. The van der Waals surface area contributed by atoms with Crippen LogP contribution in [0.1, 0.15) is 79.8 Å². The summed E-state index contributed by atoms with van der Waals surface area (Å²) in [6.45, 7) is 2.96. The summed E-state index contributed by atoms with van der Waals surface area (Å²) in [6.07, 6.45) is 9.80. The monoisotopic (exact) mass is 585 g/mol. The van der Waals surface area contributed by atoms with Crippen LogP contribution >= 0.6 is 0 Å². The van der Waals surface area contributed by atoms with Gasteiger partial charge >= 0.3 is 0 Å². The quantitative estimate of drug-likeness (QED) is 0.233. The first kappa shape index (κ1) is 30.0. The Morgan fingerprint density at radius 3 is 2.40 bits per heavy atom. The van der Waals surface area contributed by atoms with Gasteiger partial charge in [0.1, 0.15) is 23.6 Å². The van der Waals surface area contributed by atoms with Gasteiger partial charge in [0, 0.05) is 18.1 Å². The Bertz CT molecular complexity index is 1570. The number of hydrogen-bond donors (Lipinski definition) is 4. The van der Waals surface area contributed by atoms with E-state index in [2.05, 4.69) is 32.7 Å². The van der Waals surface area contributed by atoms with E-state index in [9.17, 15) is 4.79 Å². The maximum atomic E-state index is 13.1. The number of hydrogen-bond acceptors (Lipinski definition) is 8. The van der Waals surface area contributed by atoms with E-state index >= 15 is 0 Å². The van der Waals surface area contributed by atoms with Crippen LogP contribution in [0.3, 0.4) is 0 Å². The highest BCUT2D eigenvalue weighted by molar-refractivity contribution is 6.05. The summed E-state index contributed by atoms with van der Waals surface area (Å²) in [5, 5.41) is 19.5. The number of methoxy groups -OCH3 is 1. The number of carbonyl (C=O) groups is 2. The number of nitrogens with two attached hydrogens (primary N) is 1. The van der Waals surface area contributed by atoms with Gasteiger partial charge in [-0.15, -0.1) is 0 Å². The van der Waals surface area contributed by atoms with Gasteiger partial charge in [-0.1, -0.05) is 37.5 Å². The van der Waals surface area contributed by atoms with E-state index in [0.29, 0.717) is 34.4 Å². The molecule has 2 aromatic heterocycles. The maximum absolute atomic E-state index is 13.1. The summed E-state index contributed by atoms with van der Waals surface area (Å²) < 4.78 is 7.68. The Labute approximate surface area is 250 Å². The van der Waals surface area contributed by atoms with Crippen LogP contribution in [0.25, 0.3) is 22.3 Å². The second-order valence-electron chi connectivity index (χ2n) is 11.1. The van der Waals surface area contributed by atoms with E-state index in [4.69, 9.17) is 25.5 Å². The lowest BCUT2D eigenvalue weighted by molar-refractivity contribution is -0.134. The predicted molar refractivity (Wildman–Crippen MR) is 166 cm³/mol. The summed E-state index contributed by atoms with van der Waals surface area (Å²) >= 11 is 0. The fourth-order valence-corrected chi connectivity index (χ4v) is 5.98. The molecule has 0 spiro atoms. The largest absolute Gasteiger partial charge is 0.495 e. The van der Waals surface area contributed by atoms with E-state index in [1.54, 1.807) is 7.11 Å². The van der Waals surface area contributed by atoms with Gasteiger partial charge in [0.25, 0.3) is 11.9 Å². The van der Waals surface area contributed by atoms with Gasteiger partial charge in [-0.05, 0) is 74.5 Å². The fraction of sp³-hybridized carbons (Fsp3) is 0.406. The topological polar surface area (TPSA) is 157 Å². The summed E-state index contributed by atoms with van der Waals surface area (Å²) in [5.74, 6) is 0.537. The van der Waals surface area contributed by atoms with Crippen molar-refractivity contribution in [1.82, 2.24) is 25.1 Å². The first-order valence-corrected chi connectivity index (χ1v) is 14.8. The van der Waals surface area contributed by atoms with Crippen LogP contribution < -0.4 is 21.1 Å². The second kappa shape index (κ2) is 13.6. The highest BCUT2D eigenvalue weighted by atomic mass is 16.5. The Morgan fingerprint density at radius 2 is 1.72 bits per heavy atom. The first-order chi connectivity index (χ1) is 20.9. The Hall–Kier alpha value is -4.51. The SMILES string of the molecule is CC(=O)O.COc1cc(-c2nn(C3CCNCC3)c3ncnc(N)c23)ccc1NC(=O)c1ccc(C2CCCCC2)cc1. The highest BCUT2D eigenvalue weighted by Gasteiger charge is 2.24. The van der Waals surface area contributed by atoms with Crippen LogP contribution in [0.5, 0.6) is 5.75 Å². The fourth-order valence-electron chi connectivity index (χ4n) is 5.98. The summed E-state index contributed by atoms with van der Waals surface area (Å²) in [5.41, 5.74) is 11.1. The molecule has 11 heteroatoms. The molecule has 2 aliphatic rings. The zero-order chi connectivity index (χ0) is 30.3.